The largest absolute Gasteiger partial charge is 0.381 e. The molecule has 100 valence electrons. The van der Waals surface area contributed by atoms with Crippen LogP contribution in [0.2, 0.25) is 0 Å². The summed E-state index contributed by atoms with van der Waals surface area (Å²) >= 11 is 0. The van der Waals surface area contributed by atoms with Crippen molar-refractivity contribution in [3.05, 3.63) is 0 Å². The number of nitrogens with zero attached hydrogens (tertiary/aromatic N) is 1. The van der Waals surface area contributed by atoms with E-state index in [2.05, 4.69) is 11.4 Å². The third-order valence-corrected chi connectivity index (χ3v) is 2.96. The number of hydrogen-bond acceptors (Lipinski definition) is 4. The van der Waals surface area contributed by atoms with Gasteiger partial charge >= 0.3 is 0 Å². The van der Waals surface area contributed by atoms with Gasteiger partial charge < -0.3 is 9.47 Å². The monoisotopic (exact) mass is 242 g/mol. The van der Waals surface area contributed by atoms with Gasteiger partial charge in [0.25, 0.3) is 0 Å². The zero-order valence-electron chi connectivity index (χ0n) is 11.8. The van der Waals surface area contributed by atoms with Crippen LogP contribution in [0.1, 0.15) is 40.5 Å². The molecule has 0 aromatic heterocycles. The van der Waals surface area contributed by atoms with Crippen molar-refractivity contribution < 1.29 is 9.47 Å². The maximum Gasteiger partial charge on any atom is 0.106 e. The zero-order valence-corrected chi connectivity index (χ0v) is 11.8. The molecule has 17 heavy (non-hydrogen) atoms. The Kier molecular flexibility index (Phi) is 7.37. The van der Waals surface area contributed by atoms with Gasteiger partial charge in [0.15, 0.2) is 0 Å². The van der Waals surface area contributed by atoms with E-state index in [1.165, 1.54) is 0 Å². The van der Waals surface area contributed by atoms with Crippen LogP contribution in [0.25, 0.3) is 0 Å². The zero-order chi connectivity index (χ0) is 13.4. The van der Waals surface area contributed by atoms with Gasteiger partial charge in [-0.25, -0.2) is 0 Å². The number of hydrogen-bond donors (Lipinski definition) is 1. The van der Waals surface area contributed by atoms with Crippen LogP contribution < -0.4 is 5.32 Å². The normalized spacial score (nSPS) is 15.3. The average molecular weight is 242 g/mol. The highest BCUT2D eigenvalue weighted by Gasteiger charge is 2.22. The van der Waals surface area contributed by atoms with E-state index in [4.69, 9.17) is 14.7 Å². The lowest BCUT2D eigenvalue weighted by Gasteiger charge is -2.24. The second-order valence-electron chi connectivity index (χ2n) is 5.05. The molecule has 0 aliphatic rings. The molecule has 0 aromatic rings. The topological polar surface area (TPSA) is 54.3 Å². The summed E-state index contributed by atoms with van der Waals surface area (Å²) in [6, 6.07) is 2.28. The molecule has 4 heteroatoms. The smallest absolute Gasteiger partial charge is 0.106 e. The van der Waals surface area contributed by atoms with Crippen LogP contribution in [0, 0.1) is 11.3 Å². The molecule has 1 N–H and O–H groups in total. The maximum atomic E-state index is 9.05. The van der Waals surface area contributed by atoms with Gasteiger partial charge in [0.05, 0.1) is 11.7 Å². The Bertz CT molecular complexity index is 248. The van der Waals surface area contributed by atoms with Crippen LogP contribution in [0.5, 0.6) is 0 Å². The predicted octanol–water partition coefficient (Wildman–Crippen LogP) is 2.10. The predicted molar refractivity (Wildman–Crippen MR) is 68.8 cm³/mol. The molecule has 0 saturated heterocycles. The minimum atomic E-state index is -0.481. The van der Waals surface area contributed by atoms with Crippen LogP contribution in [-0.4, -0.2) is 38.0 Å². The van der Waals surface area contributed by atoms with Gasteiger partial charge in [0, 0.05) is 26.7 Å². The lowest BCUT2D eigenvalue weighted by atomic mass is 10.0. The fourth-order valence-corrected chi connectivity index (χ4v) is 1.37. The molecule has 1 unspecified atom stereocenters. The van der Waals surface area contributed by atoms with Gasteiger partial charge in [-0.1, -0.05) is 6.92 Å². The van der Waals surface area contributed by atoms with Crippen molar-refractivity contribution in [3.8, 4) is 6.07 Å². The summed E-state index contributed by atoms with van der Waals surface area (Å²) in [7, 11) is 1.71. The highest BCUT2D eigenvalue weighted by molar-refractivity contribution is 5.03. The molecule has 0 aromatic carbocycles. The maximum absolute atomic E-state index is 9.05. The summed E-state index contributed by atoms with van der Waals surface area (Å²) in [6.45, 7) is 10.0. The minimum absolute atomic E-state index is 0.139. The van der Waals surface area contributed by atoms with Gasteiger partial charge in [0.1, 0.15) is 5.54 Å². The van der Waals surface area contributed by atoms with E-state index in [1.807, 2.05) is 27.7 Å². The summed E-state index contributed by atoms with van der Waals surface area (Å²) in [4.78, 5) is 0. The van der Waals surface area contributed by atoms with Crippen molar-refractivity contribution in [3.63, 3.8) is 0 Å². The Labute approximate surface area is 105 Å². The summed E-state index contributed by atoms with van der Waals surface area (Å²) in [6.07, 6.45) is 1.55. The fraction of sp³-hybridized carbons (Fsp3) is 0.923. The summed E-state index contributed by atoms with van der Waals surface area (Å²) < 4.78 is 10.8. The molecule has 0 aliphatic carbocycles. The molecule has 4 nitrogen and oxygen atoms in total. The minimum Gasteiger partial charge on any atom is -0.381 e. The van der Waals surface area contributed by atoms with Crippen molar-refractivity contribution in [2.24, 2.45) is 0 Å². The highest BCUT2D eigenvalue weighted by atomic mass is 16.5. The van der Waals surface area contributed by atoms with Crippen molar-refractivity contribution in [2.75, 3.05) is 26.9 Å². The molecule has 1 atom stereocenters. The standard InChI is InChI=1S/C13H26N2O2/c1-6-15-13(4,11-14)8-10-17-9-7-12(2,3)16-5/h15H,6-10H2,1-5H3. The molecule has 0 amide bonds. The first-order chi connectivity index (χ1) is 7.89. The number of rotatable bonds is 9. The second kappa shape index (κ2) is 7.65. The molecule has 0 radical (unpaired) electrons. The summed E-state index contributed by atoms with van der Waals surface area (Å²) in [5, 5.41) is 12.2. The molecule has 0 heterocycles. The van der Waals surface area contributed by atoms with Gasteiger partial charge in [0.2, 0.25) is 0 Å². The third kappa shape index (κ3) is 7.32. The van der Waals surface area contributed by atoms with Crippen LogP contribution >= 0.6 is 0 Å². The Hall–Kier alpha value is -0.630. The SMILES string of the molecule is CCNC(C)(C#N)CCOCCC(C)(C)OC. The van der Waals surface area contributed by atoms with E-state index in [0.717, 1.165) is 13.0 Å². The lowest BCUT2D eigenvalue weighted by molar-refractivity contribution is -0.0111. The first-order valence-electron chi connectivity index (χ1n) is 6.18. The molecule has 0 rings (SSSR count). The fourth-order valence-electron chi connectivity index (χ4n) is 1.37. The first-order valence-corrected chi connectivity index (χ1v) is 6.18. The van der Waals surface area contributed by atoms with Gasteiger partial charge in [-0.2, -0.15) is 5.26 Å². The summed E-state index contributed by atoms with van der Waals surface area (Å²) in [5.41, 5.74) is -0.619. The molecule has 0 spiro atoms. The van der Waals surface area contributed by atoms with E-state index in [9.17, 15) is 0 Å². The van der Waals surface area contributed by atoms with E-state index in [0.29, 0.717) is 19.6 Å². The van der Waals surface area contributed by atoms with Crippen LogP contribution in [-0.2, 0) is 9.47 Å². The quantitative estimate of drug-likeness (QED) is 0.629. The lowest BCUT2D eigenvalue weighted by Crippen LogP contribution is -2.41. The first kappa shape index (κ1) is 16.4. The van der Waals surface area contributed by atoms with Crippen LogP contribution in [0.4, 0.5) is 0 Å². The Morgan fingerprint density at radius 1 is 1.18 bits per heavy atom. The van der Waals surface area contributed by atoms with E-state index in [1.54, 1.807) is 7.11 Å². The van der Waals surface area contributed by atoms with Gasteiger partial charge in [-0.05, 0) is 33.7 Å². The van der Waals surface area contributed by atoms with Crippen LogP contribution in [0.15, 0.2) is 0 Å². The van der Waals surface area contributed by atoms with Crippen molar-refractivity contribution >= 4 is 0 Å². The number of nitrogens with one attached hydrogen (secondary N) is 1. The Morgan fingerprint density at radius 2 is 1.76 bits per heavy atom. The molecule has 0 bridgehead atoms. The van der Waals surface area contributed by atoms with Crippen molar-refractivity contribution in [2.45, 2.75) is 51.7 Å². The van der Waals surface area contributed by atoms with E-state index in [-0.39, 0.29) is 5.60 Å². The Balaban J connectivity index is 3.74. The molecule has 0 saturated carbocycles. The van der Waals surface area contributed by atoms with Crippen molar-refractivity contribution in [1.29, 1.82) is 5.26 Å². The van der Waals surface area contributed by atoms with E-state index >= 15 is 0 Å². The summed E-state index contributed by atoms with van der Waals surface area (Å²) in [5.74, 6) is 0. The molecule has 0 aliphatic heterocycles. The average Bonchev–Trinajstić information content (AvgIpc) is 2.29. The third-order valence-electron chi connectivity index (χ3n) is 2.96. The van der Waals surface area contributed by atoms with Gasteiger partial charge in [-0.15, -0.1) is 0 Å². The number of ether oxygens (including phenoxy) is 2. The number of nitriles is 1. The second-order valence-corrected chi connectivity index (χ2v) is 5.05. The van der Waals surface area contributed by atoms with Crippen LogP contribution in [0.3, 0.4) is 0 Å². The number of methoxy groups -OCH3 is 1. The highest BCUT2D eigenvalue weighted by Crippen LogP contribution is 2.13. The van der Waals surface area contributed by atoms with Gasteiger partial charge in [-0.3, -0.25) is 5.32 Å². The van der Waals surface area contributed by atoms with E-state index < -0.39 is 5.54 Å². The molecular formula is C13H26N2O2. The Morgan fingerprint density at radius 3 is 2.24 bits per heavy atom. The molecular weight excluding hydrogens is 216 g/mol. The van der Waals surface area contributed by atoms with Crippen molar-refractivity contribution in [1.82, 2.24) is 5.32 Å². The molecule has 0 fully saturated rings.